The Labute approximate surface area is 112 Å². The van der Waals surface area contributed by atoms with Gasteiger partial charge in [0.1, 0.15) is 5.82 Å². The molecule has 0 bridgehead atoms. The molecule has 0 amide bonds. The van der Waals surface area contributed by atoms with Gasteiger partial charge >= 0.3 is 0 Å². The van der Waals surface area contributed by atoms with Gasteiger partial charge in [0.25, 0.3) is 0 Å². The van der Waals surface area contributed by atoms with Crippen molar-refractivity contribution in [2.24, 2.45) is 5.92 Å². The van der Waals surface area contributed by atoms with Crippen LogP contribution in [0.5, 0.6) is 0 Å². The molecule has 4 heteroatoms. The Morgan fingerprint density at radius 1 is 1.39 bits per heavy atom. The predicted octanol–water partition coefficient (Wildman–Crippen LogP) is 2.99. The maximum absolute atomic E-state index is 4.54. The molecule has 2 N–H and O–H groups in total. The van der Waals surface area contributed by atoms with Crippen molar-refractivity contribution in [3.63, 3.8) is 0 Å². The lowest BCUT2D eigenvalue weighted by atomic mass is 9.94. The zero-order valence-corrected chi connectivity index (χ0v) is 11.5. The second-order valence-electron chi connectivity index (χ2n) is 5.07. The van der Waals surface area contributed by atoms with Gasteiger partial charge in [0, 0.05) is 6.42 Å². The molecule has 1 aliphatic rings. The lowest BCUT2D eigenvalue weighted by Gasteiger charge is -2.21. The van der Waals surface area contributed by atoms with E-state index >= 15 is 0 Å². The quantitative estimate of drug-likeness (QED) is 0.891. The number of aromatic nitrogens is 2. The van der Waals surface area contributed by atoms with Crippen molar-refractivity contribution in [2.75, 3.05) is 13.1 Å². The summed E-state index contributed by atoms with van der Waals surface area (Å²) >= 11 is 1.78. The molecule has 3 rings (SSSR count). The number of piperidine rings is 1. The van der Waals surface area contributed by atoms with Gasteiger partial charge < -0.3 is 10.3 Å². The first-order valence-corrected chi connectivity index (χ1v) is 7.50. The molecule has 96 valence electrons. The lowest BCUT2D eigenvalue weighted by Crippen LogP contribution is -2.28. The topological polar surface area (TPSA) is 40.7 Å². The van der Waals surface area contributed by atoms with E-state index in [1.165, 1.54) is 29.0 Å². The Hall–Kier alpha value is -1.13. The molecule has 18 heavy (non-hydrogen) atoms. The maximum atomic E-state index is 4.54. The van der Waals surface area contributed by atoms with E-state index in [4.69, 9.17) is 0 Å². The molecule has 0 spiro atoms. The van der Waals surface area contributed by atoms with Gasteiger partial charge in [0.05, 0.1) is 16.8 Å². The van der Waals surface area contributed by atoms with Gasteiger partial charge in [-0.1, -0.05) is 0 Å². The number of hydrogen-bond acceptors (Lipinski definition) is 3. The number of rotatable bonds is 3. The van der Waals surface area contributed by atoms with Gasteiger partial charge in [-0.15, -0.1) is 11.3 Å². The highest BCUT2D eigenvalue weighted by molar-refractivity contribution is 7.13. The minimum atomic E-state index is 0.787. The van der Waals surface area contributed by atoms with Crippen LogP contribution < -0.4 is 5.32 Å². The zero-order chi connectivity index (χ0) is 12.4. The third kappa shape index (κ3) is 2.49. The summed E-state index contributed by atoms with van der Waals surface area (Å²) in [6, 6.07) is 2.16. The number of thiophene rings is 1. The minimum Gasteiger partial charge on any atom is -0.341 e. The molecule has 3 nitrogen and oxygen atoms in total. The Morgan fingerprint density at radius 3 is 2.94 bits per heavy atom. The summed E-state index contributed by atoms with van der Waals surface area (Å²) in [5.41, 5.74) is 2.50. The molecule has 0 aromatic carbocycles. The molecule has 0 radical (unpaired) electrons. The Bertz CT molecular complexity index is 509. The molecule has 0 atom stereocenters. The van der Waals surface area contributed by atoms with Crippen LogP contribution in [0.15, 0.2) is 17.6 Å². The van der Waals surface area contributed by atoms with Gasteiger partial charge in [-0.25, -0.2) is 4.98 Å². The molecule has 3 heterocycles. The Balaban J connectivity index is 1.71. The van der Waals surface area contributed by atoms with Crippen molar-refractivity contribution in [1.82, 2.24) is 15.3 Å². The van der Waals surface area contributed by atoms with Crippen LogP contribution in [0.25, 0.3) is 10.6 Å². The van der Waals surface area contributed by atoms with Crippen LogP contribution in [0.1, 0.15) is 24.2 Å². The smallest absolute Gasteiger partial charge is 0.106 e. The third-order valence-electron chi connectivity index (χ3n) is 3.68. The average molecular weight is 261 g/mol. The fourth-order valence-corrected chi connectivity index (χ4v) is 3.48. The maximum Gasteiger partial charge on any atom is 0.106 e. The summed E-state index contributed by atoms with van der Waals surface area (Å²) in [6.07, 6.45) is 5.61. The van der Waals surface area contributed by atoms with E-state index < -0.39 is 0 Å². The van der Waals surface area contributed by atoms with Gasteiger partial charge in [-0.2, -0.15) is 0 Å². The standard InChI is InChI=1S/C14H19N3S/c1-10-4-7-18-14(10)12-9-16-13(17-12)8-11-2-5-15-6-3-11/h4,7,9,11,15H,2-3,5-6,8H2,1H3,(H,16,17). The van der Waals surface area contributed by atoms with Crippen LogP contribution in [0, 0.1) is 12.8 Å². The molecule has 2 aromatic rings. The monoisotopic (exact) mass is 261 g/mol. The SMILES string of the molecule is Cc1ccsc1-c1cnc(CC2CCNCC2)[nH]1. The Kier molecular flexibility index (Phi) is 3.48. The first-order valence-electron chi connectivity index (χ1n) is 6.62. The van der Waals surface area contributed by atoms with E-state index in [2.05, 4.69) is 33.7 Å². The first kappa shape index (κ1) is 11.9. The van der Waals surface area contributed by atoms with Gasteiger partial charge in [0.2, 0.25) is 0 Å². The molecular formula is C14H19N3S. The van der Waals surface area contributed by atoms with Crippen LogP contribution in [0.4, 0.5) is 0 Å². The number of nitrogens with one attached hydrogen (secondary N) is 2. The van der Waals surface area contributed by atoms with Crippen molar-refractivity contribution in [3.8, 4) is 10.6 Å². The normalized spacial score (nSPS) is 17.2. The third-order valence-corrected chi connectivity index (χ3v) is 4.73. The number of H-pyrrole nitrogens is 1. The Morgan fingerprint density at radius 2 is 2.22 bits per heavy atom. The van der Waals surface area contributed by atoms with E-state index in [-0.39, 0.29) is 0 Å². The van der Waals surface area contributed by atoms with E-state index in [0.29, 0.717) is 0 Å². The molecule has 1 fully saturated rings. The van der Waals surface area contributed by atoms with Crippen molar-refractivity contribution in [3.05, 3.63) is 29.0 Å². The molecule has 0 saturated carbocycles. The number of aromatic amines is 1. The summed E-state index contributed by atoms with van der Waals surface area (Å²) in [5, 5.41) is 5.54. The van der Waals surface area contributed by atoms with Crippen molar-refractivity contribution in [2.45, 2.75) is 26.2 Å². The number of nitrogens with zero attached hydrogens (tertiary/aromatic N) is 1. The summed E-state index contributed by atoms with van der Waals surface area (Å²) in [7, 11) is 0. The van der Waals surface area contributed by atoms with Crippen molar-refractivity contribution >= 4 is 11.3 Å². The molecule has 0 unspecified atom stereocenters. The summed E-state index contributed by atoms with van der Waals surface area (Å²) in [6.45, 7) is 4.46. The highest BCUT2D eigenvalue weighted by Crippen LogP contribution is 2.28. The summed E-state index contributed by atoms with van der Waals surface area (Å²) in [5.74, 6) is 1.93. The predicted molar refractivity (Wildman–Crippen MR) is 75.9 cm³/mol. The molecule has 0 aliphatic carbocycles. The van der Waals surface area contributed by atoms with E-state index in [1.807, 2.05) is 6.20 Å². The highest BCUT2D eigenvalue weighted by atomic mass is 32.1. The van der Waals surface area contributed by atoms with E-state index in [1.54, 1.807) is 11.3 Å². The fraction of sp³-hybridized carbons (Fsp3) is 0.500. The second-order valence-corrected chi connectivity index (χ2v) is 5.99. The van der Waals surface area contributed by atoms with Crippen molar-refractivity contribution in [1.29, 1.82) is 0 Å². The van der Waals surface area contributed by atoms with Crippen LogP contribution in [-0.4, -0.2) is 23.1 Å². The number of aryl methyl sites for hydroxylation is 1. The van der Waals surface area contributed by atoms with E-state index in [9.17, 15) is 0 Å². The highest BCUT2D eigenvalue weighted by Gasteiger charge is 2.15. The number of hydrogen-bond donors (Lipinski definition) is 2. The first-order chi connectivity index (χ1) is 8.83. The molecule has 1 aliphatic heterocycles. The van der Waals surface area contributed by atoms with E-state index in [0.717, 1.165) is 31.3 Å². The summed E-state index contributed by atoms with van der Waals surface area (Å²) < 4.78 is 0. The van der Waals surface area contributed by atoms with Gasteiger partial charge in [-0.05, 0) is 55.8 Å². The minimum absolute atomic E-state index is 0.787. The number of imidazole rings is 1. The molecular weight excluding hydrogens is 242 g/mol. The fourth-order valence-electron chi connectivity index (χ4n) is 2.59. The second kappa shape index (κ2) is 5.24. The van der Waals surface area contributed by atoms with Gasteiger partial charge in [0.15, 0.2) is 0 Å². The molecule has 2 aromatic heterocycles. The van der Waals surface area contributed by atoms with Crippen LogP contribution >= 0.6 is 11.3 Å². The van der Waals surface area contributed by atoms with Crippen LogP contribution in [0.3, 0.4) is 0 Å². The lowest BCUT2D eigenvalue weighted by molar-refractivity contribution is 0.368. The zero-order valence-electron chi connectivity index (χ0n) is 10.7. The molecule has 1 saturated heterocycles. The van der Waals surface area contributed by atoms with Crippen molar-refractivity contribution < 1.29 is 0 Å². The average Bonchev–Trinajstić information content (AvgIpc) is 2.99. The van der Waals surface area contributed by atoms with Gasteiger partial charge in [-0.3, -0.25) is 0 Å². The summed E-state index contributed by atoms with van der Waals surface area (Å²) in [4.78, 5) is 9.34. The van der Waals surface area contributed by atoms with Crippen LogP contribution in [0.2, 0.25) is 0 Å². The largest absolute Gasteiger partial charge is 0.341 e. The van der Waals surface area contributed by atoms with Crippen LogP contribution in [-0.2, 0) is 6.42 Å².